The zero-order chi connectivity index (χ0) is 9.68. The summed E-state index contributed by atoms with van der Waals surface area (Å²) < 4.78 is 4.54. The normalized spacial score (nSPS) is 8.85. The molecule has 1 rings (SSSR count). The minimum absolute atomic E-state index is 0.178. The summed E-state index contributed by atoms with van der Waals surface area (Å²) in [7, 11) is 0. The third kappa shape index (κ3) is 2.17. The van der Waals surface area contributed by atoms with E-state index in [9.17, 15) is 4.79 Å². The number of carbonyl (C=O) groups excluding carboxylic acids is 1. The fourth-order valence-corrected chi connectivity index (χ4v) is 0.751. The highest BCUT2D eigenvalue weighted by atomic mass is 16.5. The molecule has 13 heavy (non-hydrogen) atoms. The lowest BCUT2D eigenvalue weighted by Gasteiger charge is -2.01. The molecule has 0 atom stereocenters. The standard InChI is InChI=1S/C8H7N3O2/c9-2-4-13-8(12)6-5-11-3-1-7(6)10/h1,3,5H,4H2,(H2,10,11). The molecule has 0 saturated heterocycles. The highest BCUT2D eigenvalue weighted by Crippen LogP contribution is 2.09. The molecule has 66 valence electrons. The van der Waals surface area contributed by atoms with Gasteiger partial charge in [0, 0.05) is 18.1 Å². The van der Waals surface area contributed by atoms with Crippen LogP contribution in [0, 0.1) is 11.3 Å². The molecule has 1 aromatic rings. The van der Waals surface area contributed by atoms with Gasteiger partial charge in [-0.15, -0.1) is 0 Å². The van der Waals surface area contributed by atoms with E-state index in [0.29, 0.717) is 0 Å². The first kappa shape index (κ1) is 9.00. The molecule has 0 aromatic carbocycles. The SMILES string of the molecule is N#CCOC(=O)c1cnccc1N. The fourth-order valence-electron chi connectivity index (χ4n) is 0.751. The van der Waals surface area contributed by atoms with Crippen LogP contribution in [0.25, 0.3) is 0 Å². The van der Waals surface area contributed by atoms with Gasteiger partial charge in [-0.25, -0.2) is 4.79 Å². The van der Waals surface area contributed by atoms with Crippen molar-refractivity contribution in [2.24, 2.45) is 0 Å². The number of pyridine rings is 1. The molecule has 0 aliphatic rings. The van der Waals surface area contributed by atoms with Crippen LogP contribution < -0.4 is 5.73 Å². The summed E-state index contributed by atoms with van der Waals surface area (Å²) in [6.07, 6.45) is 2.77. The zero-order valence-electron chi connectivity index (χ0n) is 6.73. The van der Waals surface area contributed by atoms with Crippen LogP contribution in [-0.2, 0) is 4.74 Å². The summed E-state index contributed by atoms with van der Waals surface area (Å²) in [6, 6.07) is 3.17. The fraction of sp³-hybridized carbons (Fsp3) is 0.125. The van der Waals surface area contributed by atoms with Gasteiger partial charge in [-0.2, -0.15) is 5.26 Å². The van der Waals surface area contributed by atoms with Crippen LogP contribution in [-0.4, -0.2) is 17.6 Å². The van der Waals surface area contributed by atoms with Gasteiger partial charge in [-0.1, -0.05) is 0 Å². The minimum atomic E-state index is -0.632. The lowest BCUT2D eigenvalue weighted by Crippen LogP contribution is -2.08. The summed E-state index contributed by atoms with van der Waals surface area (Å²) in [5, 5.41) is 8.16. The Morgan fingerprint density at radius 2 is 2.54 bits per heavy atom. The van der Waals surface area contributed by atoms with Crippen LogP contribution in [0.4, 0.5) is 5.69 Å². The quantitative estimate of drug-likeness (QED) is 0.658. The summed E-state index contributed by atoms with van der Waals surface area (Å²) in [4.78, 5) is 14.8. The van der Waals surface area contributed by atoms with Crippen LogP contribution in [0.5, 0.6) is 0 Å². The first-order valence-corrected chi connectivity index (χ1v) is 3.49. The molecular formula is C8H7N3O2. The number of nitrogen functional groups attached to an aromatic ring is 1. The number of hydrogen-bond donors (Lipinski definition) is 1. The Balaban J connectivity index is 2.78. The predicted octanol–water partition coefficient (Wildman–Crippen LogP) is 0.344. The molecule has 0 aliphatic carbocycles. The lowest BCUT2D eigenvalue weighted by molar-refractivity contribution is 0.0556. The Morgan fingerprint density at radius 1 is 1.77 bits per heavy atom. The molecule has 0 spiro atoms. The van der Waals surface area contributed by atoms with Crippen molar-refractivity contribution in [3.8, 4) is 6.07 Å². The van der Waals surface area contributed by atoms with Gasteiger partial charge in [-0.3, -0.25) is 4.98 Å². The Morgan fingerprint density at radius 3 is 3.15 bits per heavy atom. The van der Waals surface area contributed by atoms with E-state index in [1.54, 1.807) is 6.07 Å². The third-order valence-corrected chi connectivity index (χ3v) is 1.34. The Labute approximate surface area is 74.8 Å². The van der Waals surface area contributed by atoms with E-state index in [4.69, 9.17) is 11.0 Å². The molecule has 0 unspecified atom stereocenters. The molecule has 1 heterocycles. The van der Waals surface area contributed by atoms with Gasteiger partial charge in [0.2, 0.25) is 0 Å². The van der Waals surface area contributed by atoms with Gasteiger partial charge < -0.3 is 10.5 Å². The van der Waals surface area contributed by atoms with Crippen molar-refractivity contribution in [1.82, 2.24) is 4.98 Å². The summed E-state index contributed by atoms with van der Waals surface area (Å²) in [5.41, 5.74) is 5.94. The van der Waals surface area contributed by atoms with Gasteiger partial charge in [0.1, 0.15) is 11.6 Å². The first-order valence-electron chi connectivity index (χ1n) is 3.49. The second kappa shape index (κ2) is 4.07. The number of rotatable bonds is 2. The summed E-state index contributed by atoms with van der Waals surface area (Å²) in [6.45, 7) is -0.285. The van der Waals surface area contributed by atoms with Gasteiger partial charge in [-0.05, 0) is 6.07 Å². The van der Waals surface area contributed by atoms with Crippen molar-refractivity contribution < 1.29 is 9.53 Å². The smallest absolute Gasteiger partial charge is 0.342 e. The van der Waals surface area contributed by atoms with Crippen molar-refractivity contribution in [3.63, 3.8) is 0 Å². The molecule has 0 amide bonds. The lowest BCUT2D eigenvalue weighted by atomic mass is 10.2. The summed E-state index contributed by atoms with van der Waals surface area (Å²) in [5.74, 6) is -0.632. The molecule has 5 heteroatoms. The van der Waals surface area contributed by atoms with Crippen LogP contribution in [0.1, 0.15) is 10.4 Å². The van der Waals surface area contributed by atoms with Gasteiger partial charge >= 0.3 is 5.97 Å². The van der Waals surface area contributed by atoms with Crippen molar-refractivity contribution >= 4 is 11.7 Å². The number of ether oxygens (including phenoxy) is 1. The maximum Gasteiger partial charge on any atom is 0.342 e. The van der Waals surface area contributed by atoms with E-state index in [2.05, 4.69) is 9.72 Å². The molecule has 0 saturated carbocycles. The van der Waals surface area contributed by atoms with Crippen molar-refractivity contribution in [1.29, 1.82) is 5.26 Å². The number of hydrogen-bond acceptors (Lipinski definition) is 5. The van der Waals surface area contributed by atoms with E-state index >= 15 is 0 Å². The van der Waals surface area contributed by atoms with Crippen LogP contribution in [0.15, 0.2) is 18.5 Å². The van der Waals surface area contributed by atoms with Crippen molar-refractivity contribution in [2.45, 2.75) is 0 Å². The average molecular weight is 177 g/mol. The maximum atomic E-state index is 11.1. The number of esters is 1. The molecule has 2 N–H and O–H groups in total. The van der Waals surface area contributed by atoms with Gasteiger partial charge in [0.15, 0.2) is 6.61 Å². The molecule has 0 aliphatic heterocycles. The van der Waals surface area contributed by atoms with E-state index in [0.717, 1.165) is 0 Å². The second-order valence-electron chi connectivity index (χ2n) is 2.20. The number of aromatic nitrogens is 1. The third-order valence-electron chi connectivity index (χ3n) is 1.34. The maximum absolute atomic E-state index is 11.1. The zero-order valence-corrected chi connectivity index (χ0v) is 6.73. The van der Waals surface area contributed by atoms with E-state index in [1.807, 2.05) is 0 Å². The highest BCUT2D eigenvalue weighted by Gasteiger charge is 2.09. The van der Waals surface area contributed by atoms with Crippen LogP contribution in [0.3, 0.4) is 0 Å². The van der Waals surface area contributed by atoms with Crippen molar-refractivity contribution in [3.05, 3.63) is 24.0 Å². The number of nitriles is 1. The highest BCUT2D eigenvalue weighted by molar-refractivity contribution is 5.94. The topological polar surface area (TPSA) is 89.0 Å². The molecular weight excluding hydrogens is 170 g/mol. The largest absolute Gasteiger partial charge is 0.447 e. The van der Waals surface area contributed by atoms with Crippen molar-refractivity contribution in [2.75, 3.05) is 12.3 Å². The molecule has 1 aromatic heterocycles. The first-order chi connectivity index (χ1) is 6.25. The molecule has 5 nitrogen and oxygen atoms in total. The number of anilines is 1. The van der Waals surface area contributed by atoms with Gasteiger partial charge in [0.25, 0.3) is 0 Å². The average Bonchev–Trinajstić information content (AvgIpc) is 2.15. The van der Waals surface area contributed by atoms with E-state index < -0.39 is 5.97 Å². The van der Waals surface area contributed by atoms with E-state index in [1.165, 1.54) is 18.5 Å². The Bertz CT molecular complexity index is 357. The number of nitrogens with two attached hydrogens (primary N) is 1. The predicted molar refractivity (Wildman–Crippen MR) is 44.5 cm³/mol. The second-order valence-corrected chi connectivity index (χ2v) is 2.20. The van der Waals surface area contributed by atoms with E-state index in [-0.39, 0.29) is 17.9 Å². The molecule has 0 bridgehead atoms. The molecule has 0 radical (unpaired) electrons. The number of nitrogens with zero attached hydrogens (tertiary/aromatic N) is 2. The minimum Gasteiger partial charge on any atom is -0.447 e. The Kier molecular flexibility index (Phi) is 2.82. The monoisotopic (exact) mass is 177 g/mol. The molecule has 0 fully saturated rings. The summed E-state index contributed by atoms with van der Waals surface area (Å²) >= 11 is 0. The number of carbonyl (C=O) groups is 1. The van der Waals surface area contributed by atoms with Gasteiger partial charge in [0.05, 0.1) is 0 Å². The Hall–Kier alpha value is -2.09. The van der Waals surface area contributed by atoms with Crippen LogP contribution >= 0.6 is 0 Å². The van der Waals surface area contributed by atoms with Crippen LogP contribution in [0.2, 0.25) is 0 Å².